The Balaban J connectivity index is 1.45. The number of hydrogen-bond acceptors (Lipinski definition) is 5. The lowest BCUT2D eigenvalue weighted by molar-refractivity contribution is -0.149. The second-order valence-corrected chi connectivity index (χ2v) is 8.42. The summed E-state index contributed by atoms with van der Waals surface area (Å²) in [7, 11) is 0. The van der Waals surface area contributed by atoms with Crippen molar-refractivity contribution in [3.63, 3.8) is 0 Å². The molecule has 0 radical (unpaired) electrons. The molecule has 5 rings (SSSR count). The highest BCUT2D eigenvalue weighted by molar-refractivity contribution is 5.74. The van der Waals surface area contributed by atoms with Crippen molar-refractivity contribution in [2.24, 2.45) is 5.92 Å². The smallest absolute Gasteiger partial charge is 0.378 e. The van der Waals surface area contributed by atoms with E-state index in [1.54, 1.807) is 6.20 Å². The Hall–Kier alpha value is -2.20. The minimum Gasteiger partial charge on any atom is -0.378 e. The van der Waals surface area contributed by atoms with Crippen molar-refractivity contribution in [3.8, 4) is 0 Å². The molecule has 1 aliphatic carbocycles. The number of aromatic nitrogens is 5. The van der Waals surface area contributed by atoms with Crippen LogP contribution in [0.1, 0.15) is 44.3 Å². The van der Waals surface area contributed by atoms with Crippen LogP contribution in [0, 0.1) is 5.92 Å². The van der Waals surface area contributed by atoms with Crippen LogP contribution in [0.25, 0.3) is 16.8 Å². The Bertz CT molecular complexity index is 1030. The quantitative estimate of drug-likeness (QED) is 0.658. The molecule has 0 amide bonds. The van der Waals surface area contributed by atoms with Crippen LogP contribution in [0.2, 0.25) is 0 Å². The van der Waals surface area contributed by atoms with E-state index in [2.05, 4.69) is 27.1 Å². The summed E-state index contributed by atoms with van der Waals surface area (Å²) < 4.78 is 46.1. The summed E-state index contributed by atoms with van der Waals surface area (Å²) >= 11 is 0. The van der Waals surface area contributed by atoms with Gasteiger partial charge in [-0.25, -0.2) is 4.98 Å². The van der Waals surface area contributed by atoms with Crippen LogP contribution < -0.4 is 0 Å². The van der Waals surface area contributed by atoms with Crippen LogP contribution in [0.5, 0.6) is 0 Å². The van der Waals surface area contributed by atoms with Gasteiger partial charge in [0.1, 0.15) is 5.82 Å². The second-order valence-electron chi connectivity index (χ2n) is 8.42. The zero-order chi connectivity index (χ0) is 20.9. The molecule has 3 unspecified atom stereocenters. The topological polar surface area (TPSA) is 71.3 Å². The maximum Gasteiger partial charge on any atom is 0.390 e. The summed E-state index contributed by atoms with van der Waals surface area (Å²) in [5.74, 6) is 1.37. The van der Waals surface area contributed by atoms with Crippen molar-refractivity contribution in [1.29, 1.82) is 0 Å². The van der Waals surface area contributed by atoms with Gasteiger partial charge in [0, 0.05) is 24.7 Å². The Morgan fingerprint density at radius 1 is 1.23 bits per heavy atom. The fraction of sp³-hybridized carbons (Fsp3) is 0.650. The molecule has 30 heavy (non-hydrogen) atoms. The van der Waals surface area contributed by atoms with Crippen molar-refractivity contribution >= 4 is 16.8 Å². The van der Waals surface area contributed by atoms with Gasteiger partial charge in [0.15, 0.2) is 11.3 Å². The standard InChI is InChI=1S/C20H25F3N6O/c1-2-12-7-13(28(14-10-30-11-14)6-4-20(21,22)23)8-15(12)19-27-26-17-9-25-18-16(29(17)19)3-5-24-18/h3,5,9,12-15,24H,2,4,6-8,10-11H2,1H3. The highest BCUT2D eigenvalue weighted by Crippen LogP contribution is 2.44. The lowest BCUT2D eigenvalue weighted by Crippen LogP contribution is -2.53. The molecule has 0 spiro atoms. The number of nitrogens with zero attached hydrogens (tertiary/aromatic N) is 5. The van der Waals surface area contributed by atoms with Crippen molar-refractivity contribution in [3.05, 3.63) is 24.3 Å². The van der Waals surface area contributed by atoms with Crippen LogP contribution in [-0.2, 0) is 4.74 Å². The Kier molecular flexibility index (Phi) is 4.93. The SMILES string of the molecule is CCC1CC(N(CCC(F)(F)F)C2COC2)CC1c1nnc2cnc3[nH]ccc3n12. The summed E-state index contributed by atoms with van der Waals surface area (Å²) in [6.07, 6.45) is 1.20. The summed E-state index contributed by atoms with van der Waals surface area (Å²) in [6.45, 7) is 3.19. The summed E-state index contributed by atoms with van der Waals surface area (Å²) in [6, 6.07) is 2.12. The molecule has 0 bridgehead atoms. The molecular weight excluding hydrogens is 397 g/mol. The third-order valence-electron chi connectivity index (χ3n) is 6.70. The van der Waals surface area contributed by atoms with E-state index in [1.807, 2.05) is 21.6 Å². The molecule has 10 heteroatoms. The van der Waals surface area contributed by atoms with E-state index in [-0.39, 0.29) is 24.5 Å². The lowest BCUT2D eigenvalue weighted by Gasteiger charge is -2.41. The first-order valence-corrected chi connectivity index (χ1v) is 10.5. The van der Waals surface area contributed by atoms with Gasteiger partial charge in [0.2, 0.25) is 0 Å². The number of fused-ring (bicyclic) bond motifs is 3. The van der Waals surface area contributed by atoms with Crippen LogP contribution in [0.15, 0.2) is 18.5 Å². The minimum atomic E-state index is -4.15. The van der Waals surface area contributed by atoms with Crippen LogP contribution in [-0.4, -0.2) is 67.5 Å². The van der Waals surface area contributed by atoms with Crippen LogP contribution in [0.3, 0.4) is 0 Å². The van der Waals surface area contributed by atoms with Gasteiger partial charge in [-0.1, -0.05) is 13.3 Å². The monoisotopic (exact) mass is 422 g/mol. The zero-order valence-corrected chi connectivity index (χ0v) is 16.8. The van der Waals surface area contributed by atoms with Gasteiger partial charge in [-0.2, -0.15) is 13.2 Å². The second kappa shape index (κ2) is 7.49. The van der Waals surface area contributed by atoms with Gasteiger partial charge in [-0.3, -0.25) is 9.30 Å². The molecule has 3 atom stereocenters. The molecule has 1 N–H and O–H groups in total. The Morgan fingerprint density at radius 2 is 2.07 bits per heavy atom. The third-order valence-corrected chi connectivity index (χ3v) is 6.70. The van der Waals surface area contributed by atoms with E-state index in [1.165, 1.54) is 0 Å². The highest BCUT2D eigenvalue weighted by Gasteiger charge is 2.43. The van der Waals surface area contributed by atoms with Crippen molar-refractivity contribution in [1.82, 2.24) is 29.5 Å². The molecule has 1 saturated carbocycles. The number of hydrogen-bond donors (Lipinski definition) is 1. The van der Waals surface area contributed by atoms with Gasteiger partial charge in [-0.05, 0) is 24.8 Å². The molecule has 2 fully saturated rings. The van der Waals surface area contributed by atoms with E-state index in [0.29, 0.717) is 24.8 Å². The molecule has 1 saturated heterocycles. The van der Waals surface area contributed by atoms with Gasteiger partial charge in [0.25, 0.3) is 0 Å². The summed E-state index contributed by atoms with van der Waals surface area (Å²) in [5, 5.41) is 8.82. The number of nitrogens with one attached hydrogen (secondary N) is 1. The Labute approximate surface area is 171 Å². The predicted molar refractivity (Wildman–Crippen MR) is 104 cm³/mol. The maximum absolute atomic E-state index is 12.9. The largest absolute Gasteiger partial charge is 0.390 e. The first-order valence-electron chi connectivity index (χ1n) is 10.5. The first kappa shape index (κ1) is 19.7. The van der Waals surface area contributed by atoms with Crippen molar-refractivity contribution in [2.45, 2.75) is 56.8 Å². The van der Waals surface area contributed by atoms with E-state index in [4.69, 9.17) is 4.74 Å². The highest BCUT2D eigenvalue weighted by atomic mass is 19.4. The molecule has 1 aliphatic heterocycles. The maximum atomic E-state index is 12.9. The molecule has 2 aliphatic rings. The number of aromatic amines is 1. The average Bonchev–Trinajstić information content (AvgIpc) is 3.38. The molecule has 162 valence electrons. The third kappa shape index (κ3) is 3.45. The molecule has 7 nitrogen and oxygen atoms in total. The van der Waals surface area contributed by atoms with E-state index in [9.17, 15) is 13.2 Å². The fourth-order valence-corrected chi connectivity index (χ4v) is 5.11. The molecule has 3 aromatic rings. The van der Waals surface area contributed by atoms with Gasteiger partial charge < -0.3 is 9.72 Å². The van der Waals surface area contributed by atoms with E-state index < -0.39 is 12.6 Å². The first-order chi connectivity index (χ1) is 14.4. The number of halogens is 3. The molecule has 3 aromatic heterocycles. The molecule has 4 heterocycles. The number of alkyl halides is 3. The molecular formula is C20H25F3N6O. The number of ether oxygens (including phenoxy) is 1. The van der Waals surface area contributed by atoms with Crippen LogP contribution >= 0.6 is 0 Å². The Morgan fingerprint density at radius 3 is 2.77 bits per heavy atom. The summed E-state index contributed by atoms with van der Waals surface area (Å²) in [5.41, 5.74) is 2.38. The number of H-pyrrole nitrogens is 1. The van der Waals surface area contributed by atoms with E-state index in [0.717, 1.165) is 36.3 Å². The number of rotatable bonds is 6. The average molecular weight is 422 g/mol. The van der Waals surface area contributed by atoms with Crippen molar-refractivity contribution in [2.75, 3.05) is 19.8 Å². The van der Waals surface area contributed by atoms with Crippen molar-refractivity contribution < 1.29 is 17.9 Å². The molecule has 0 aromatic carbocycles. The minimum absolute atomic E-state index is 0.0257. The van der Waals surface area contributed by atoms with Gasteiger partial charge in [-0.15, -0.1) is 10.2 Å². The summed E-state index contributed by atoms with van der Waals surface area (Å²) in [4.78, 5) is 9.53. The van der Waals surface area contributed by atoms with E-state index >= 15 is 0 Å². The normalized spacial score (nSPS) is 25.6. The van der Waals surface area contributed by atoms with Gasteiger partial charge >= 0.3 is 6.18 Å². The fourth-order valence-electron chi connectivity index (χ4n) is 5.11. The van der Waals surface area contributed by atoms with Crippen LogP contribution in [0.4, 0.5) is 13.2 Å². The predicted octanol–water partition coefficient (Wildman–Crippen LogP) is 3.53. The lowest BCUT2D eigenvalue weighted by atomic mass is 9.93. The van der Waals surface area contributed by atoms with Gasteiger partial charge in [0.05, 0.1) is 37.4 Å². The zero-order valence-electron chi connectivity index (χ0n) is 16.8.